The molecule has 7 nitrogen and oxygen atoms in total. The van der Waals surface area contributed by atoms with Gasteiger partial charge in [-0.05, 0) is 24.6 Å². The molecule has 2 aromatic carbocycles. The number of methoxy groups -OCH3 is 1. The van der Waals surface area contributed by atoms with Gasteiger partial charge in [-0.2, -0.15) is 0 Å². The molecule has 0 saturated carbocycles. The molecule has 2 amide bonds. The van der Waals surface area contributed by atoms with Gasteiger partial charge >= 0.3 is 5.97 Å². The topological polar surface area (TPSA) is 95.9 Å². The van der Waals surface area contributed by atoms with Crippen LogP contribution in [-0.2, 0) is 19.1 Å². The third-order valence-corrected chi connectivity index (χ3v) is 5.90. The lowest BCUT2D eigenvalue weighted by molar-refractivity contribution is -0.154. The van der Waals surface area contributed by atoms with Gasteiger partial charge in [0.2, 0.25) is 11.8 Å². The number of para-hydroxylation sites is 1. The van der Waals surface area contributed by atoms with Crippen LogP contribution in [0.3, 0.4) is 0 Å². The van der Waals surface area contributed by atoms with E-state index in [1.54, 1.807) is 30.3 Å². The molecular weight excluding hydrogens is 372 g/mol. The van der Waals surface area contributed by atoms with Crippen molar-refractivity contribution in [1.29, 1.82) is 0 Å². The predicted molar refractivity (Wildman–Crippen MR) is 105 cm³/mol. The van der Waals surface area contributed by atoms with Gasteiger partial charge in [-0.3, -0.25) is 14.9 Å². The predicted octanol–water partition coefficient (Wildman–Crippen LogP) is 1.35. The second-order valence-corrected chi connectivity index (χ2v) is 7.50. The first-order valence-electron chi connectivity index (χ1n) is 9.41. The van der Waals surface area contributed by atoms with E-state index in [1.807, 2.05) is 31.2 Å². The highest BCUT2D eigenvalue weighted by Crippen LogP contribution is 2.49. The highest BCUT2D eigenvalue weighted by atomic mass is 16.5. The second-order valence-electron chi connectivity index (χ2n) is 7.50. The molecule has 2 fully saturated rings. The fourth-order valence-corrected chi connectivity index (χ4v) is 4.47. The van der Waals surface area contributed by atoms with Crippen LogP contribution in [0.5, 0.6) is 0 Å². The maximum Gasteiger partial charge on any atom is 0.329 e. The van der Waals surface area contributed by atoms with Crippen LogP contribution in [0.1, 0.15) is 17.2 Å². The van der Waals surface area contributed by atoms with E-state index in [-0.39, 0.29) is 0 Å². The van der Waals surface area contributed by atoms with Crippen LogP contribution in [0.2, 0.25) is 0 Å². The SMILES string of the molecule is COC(=O)[C@]1(CO)N[C@H](c2ccc(C)cc2)[C@H]2C(=O)N(c3ccccc3)C(=O)[C@@H]21. The number of fused-ring (bicyclic) bond motifs is 1. The summed E-state index contributed by atoms with van der Waals surface area (Å²) in [5, 5.41) is 13.3. The Bertz CT molecular complexity index is 959. The maximum absolute atomic E-state index is 13.4. The number of nitrogens with one attached hydrogen (secondary N) is 1. The summed E-state index contributed by atoms with van der Waals surface area (Å²) in [7, 11) is 1.20. The molecule has 2 heterocycles. The van der Waals surface area contributed by atoms with Crippen molar-refractivity contribution in [2.45, 2.75) is 18.5 Å². The molecule has 2 saturated heterocycles. The number of aliphatic hydroxyl groups is 1. The maximum atomic E-state index is 13.4. The number of imide groups is 1. The van der Waals surface area contributed by atoms with Crippen molar-refractivity contribution in [3.8, 4) is 0 Å². The zero-order valence-electron chi connectivity index (χ0n) is 16.2. The number of rotatable bonds is 4. The Morgan fingerprint density at radius 3 is 2.34 bits per heavy atom. The summed E-state index contributed by atoms with van der Waals surface area (Å²) in [6.45, 7) is 1.29. The number of hydrogen-bond acceptors (Lipinski definition) is 6. The number of nitrogens with zero attached hydrogens (tertiary/aromatic N) is 1. The Morgan fingerprint density at radius 1 is 1.10 bits per heavy atom. The number of carbonyl (C=O) groups is 3. The Balaban J connectivity index is 1.85. The van der Waals surface area contributed by atoms with Crippen molar-refractivity contribution in [3.63, 3.8) is 0 Å². The highest BCUT2D eigenvalue weighted by molar-refractivity contribution is 6.24. The van der Waals surface area contributed by atoms with Crippen molar-refractivity contribution in [2.75, 3.05) is 18.6 Å². The van der Waals surface area contributed by atoms with Gasteiger partial charge in [-0.25, -0.2) is 9.69 Å². The van der Waals surface area contributed by atoms with E-state index in [9.17, 15) is 19.5 Å². The first-order chi connectivity index (χ1) is 13.9. The zero-order valence-corrected chi connectivity index (χ0v) is 16.2. The van der Waals surface area contributed by atoms with Crippen molar-refractivity contribution >= 4 is 23.5 Å². The van der Waals surface area contributed by atoms with Crippen molar-refractivity contribution in [1.82, 2.24) is 5.32 Å². The van der Waals surface area contributed by atoms with Crippen LogP contribution in [0.15, 0.2) is 54.6 Å². The van der Waals surface area contributed by atoms with Gasteiger partial charge in [-0.15, -0.1) is 0 Å². The number of hydrogen-bond donors (Lipinski definition) is 2. The lowest BCUT2D eigenvalue weighted by Gasteiger charge is -2.30. The summed E-state index contributed by atoms with van der Waals surface area (Å²) in [4.78, 5) is 40.6. The third-order valence-electron chi connectivity index (χ3n) is 5.90. The van der Waals surface area contributed by atoms with Crippen LogP contribution >= 0.6 is 0 Å². The van der Waals surface area contributed by atoms with Crippen LogP contribution in [0.25, 0.3) is 0 Å². The average Bonchev–Trinajstić information content (AvgIpc) is 3.23. The summed E-state index contributed by atoms with van der Waals surface area (Å²) in [5.41, 5.74) is 0.562. The van der Waals surface area contributed by atoms with Gasteiger partial charge in [0.25, 0.3) is 0 Å². The fourth-order valence-electron chi connectivity index (χ4n) is 4.47. The molecule has 0 aliphatic carbocycles. The number of carbonyl (C=O) groups excluding carboxylic acids is 3. The molecule has 2 aliphatic rings. The molecule has 2 aromatic rings. The van der Waals surface area contributed by atoms with Gasteiger partial charge in [0.15, 0.2) is 5.54 Å². The molecule has 7 heteroatoms. The van der Waals surface area contributed by atoms with Gasteiger partial charge in [0.1, 0.15) is 0 Å². The van der Waals surface area contributed by atoms with Crippen LogP contribution in [0, 0.1) is 18.8 Å². The molecular formula is C22H22N2O5. The Kier molecular flexibility index (Phi) is 4.72. The zero-order chi connectivity index (χ0) is 20.8. The number of benzene rings is 2. The summed E-state index contributed by atoms with van der Waals surface area (Å²) in [6.07, 6.45) is 0. The number of ether oxygens (including phenoxy) is 1. The van der Waals surface area contributed by atoms with E-state index in [0.29, 0.717) is 5.69 Å². The molecule has 0 bridgehead atoms. The van der Waals surface area contributed by atoms with E-state index in [2.05, 4.69) is 5.32 Å². The lowest BCUT2D eigenvalue weighted by Crippen LogP contribution is -2.59. The molecule has 0 spiro atoms. The first-order valence-corrected chi connectivity index (χ1v) is 9.41. The van der Waals surface area contributed by atoms with Crippen LogP contribution in [-0.4, -0.2) is 42.1 Å². The number of esters is 1. The minimum absolute atomic E-state index is 0.400. The van der Waals surface area contributed by atoms with Gasteiger partial charge in [0, 0.05) is 6.04 Å². The summed E-state index contributed by atoms with van der Waals surface area (Å²) in [5.74, 6) is -3.59. The normalized spacial score (nSPS) is 28.5. The minimum Gasteiger partial charge on any atom is -0.468 e. The van der Waals surface area contributed by atoms with E-state index < -0.39 is 47.8 Å². The molecule has 0 radical (unpaired) electrons. The number of anilines is 1. The Labute approximate surface area is 168 Å². The van der Waals surface area contributed by atoms with E-state index >= 15 is 0 Å². The molecule has 2 aliphatic heterocycles. The third kappa shape index (κ3) is 2.77. The molecule has 29 heavy (non-hydrogen) atoms. The van der Waals surface area contributed by atoms with Crippen molar-refractivity contribution in [2.24, 2.45) is 11.8 Å². The summed E-state index contributed by atoms with van der Waals surface area (Å²) in [6, 6.07) is 15.5. The second kappa shape index (κ2) is 7.09. The molecule has 4 rings (SSSR count). The summed E-state index contributed by atoms with van der Waals surface area (Å²) < 4.78 is 4.92. The number of aryl methyl sites for hydroxylation is 1. The van der Waals surface area contributed by atoms with Gasteiger partial charge in [0.05, 0.1) is 31.2 Å². The summed E-state index contributed by atoms with van der Waals surface area (Å²) >= 11 is 0. The molecule has 150 valence electrons. The van der Waals surface area contributed by atoms with Crippen LogP contribution < -0.4 is 10.2 Å². The van der Waals surface area contributed by atoms with E-state index in [0.717, 1.165) is 16.0 Å². The Morgan fingerprint density at radius 2 is 1.76 bits per heavy atom. The minimum atomic E-state index is -1.69. The lowest BCUT2D eigenvalue weighted by atomic mass is 9.79. The van der Waals surface area contributed by atoms with E-state index in [1.165, 1.54) is 7.11 Å². The van der Waals surface area contributed by atoms with Crippen molar-refractivity contribution < 1.29 is 24.2 Å². The number of aliphatic hydroxyl groups excluding tert-OH is 1. The molecule has 2 N–H and O–H groups in total. The molecule has 0 unspecified atom stereocenters. The monoisotopic (exact) mass is 394 g/mol. The fraction of sp³-hybridized carbons (Fsp3) is 0.318. The molecule has 4 atom stereocenters. The molecule has 0 aromatic heterocycles. The van der Waals surface area contributed by atoms with Crippen molar-refractivity contribution in [3.05, 3.63) is 65.7 Å². The van der Waals surface area contributed by atoms with E-state index in [4.69, 9.17) is 4.74 Å². The first kappa shape index (κ1) is 19.3. The Hall–Kier alpha value is -3.03. The van der Waals surface area contributed by atoms with Crippen LogP contribution in [0.4, 0.5) is 5.69 Å². The largest absolute Gasteiger partial charge is 0.468 e. The van der Waals surface area contributed by atoms with Gasteiger partial charge in [-0.1, -0.05) is 48.0 Å². The quantitative estimate of drug-likeness (QED) is 0.600. The number of amides is 2. The standard InChI is InChI=1S/C22H22N2O5/c1-13-8-10-14(11-9-13)18-16-17(22(12-25,23-18)21(28)29-2)20(27)24(19(16)26)15-6-4-3-5-7-15/h3-11,16-18,23,25H,12H2,1-2H3/t16-,17+,18+,22+/m0/s1. The average molecular weight is 394 g/mol. The smallest absolute Gasteiger partial charge is 0.329 e. The van der Waals surface area contributed by atoms with Gasteiger partial charge < -0.3 is 9.84 Å². The highest BCUT2D eigenvalue weighted by Gasteiger charge is 2.69.